The number of aryl methyl sites for hydroxylation is 1. The van der Waals surface area contributed by atoms with Crippen molar-refractivity contribution in [3.8, 4) is 0 Å². The molecule has 0 saturated heterocycles. The molecule has 0 spiro atoms. The molecule has 0 aliphatic carbocycles. The minimum absolute atomic E-state index is 0.0516. The summed E-state index contributed by atoms with van der Waals surface area (Å²) >= 11 is 0. The molecule has 24 heavy (non-hydrogen) atoms. The second-order valence-electron chi connectivity index (χ2n) is 6.22. The predicted octanol–water partition coefficient (Wildman–Crippen LogP) is 6.13. The third-order valence-corrected chi connectivity index (χ3v) is 3.92. The lowest BCUT2D eigenvalue weighted by Gasteiger charge is -2.13. The average molecular weight is 331 g/mol. The summed E-state index contributed by atoms with van der Waals surface area (Å²) in [6, 6.07) is 8.87. The highest BCUT2D eigenvalue weighted by Gasteiger charge is 2.19. The van der Waals surface area contributed by atoms with Gasteiger partial charge in [0.15, 0.2) is 17.3 Å². The molecule has 2 rings (SSSR count). The maximum atomic E-state index is 14.6. The Morgan fingerprint density at radius 3 is 2.12 bits per heavy atom. The van der Waals surface area contributed by atoms with Crippen molar-refractivity contribution in [3.05, 3.63) is 53.1 Å². The maximum absolute atomic E-state index is 14.6. The van der Waals surface area contributed by atoms with E-state index in [1.54, 1.807) is 18.2 Å². The SMILES string of the molecule is CCc1cc(C(C)C)c(F)c(/N=N/c2ccc(N(C)C)cc2)c1F. The standard InChI is InChI=1S/C19H23F2N3/c1-6-13-11-16(12(2)3)18(21)19(17(13)20)23-22-14-7-9-15(10-8-14)24(4)5/h7-12H,6H2,1-5H3/b23-22+. The van der Waals surface area contributed by atoms with Crippen molar-refractivity contribution in [3.63, 3.8) is 0 Å². The zero-order valence-corrected chi connectivity index (χ0v) is 14.8. The molecular weight excluding hydrogens is 308 g/mol. The molecule has 0 saturated carbocycles. The number of hydrogen-bond donors (Lipinski definition) is 0. The van der Waals surface area contributed by atoms with Gasteiger partial charge in [-0.25, -0.2) is 8.78 Å². The van der Waals surface area contributed by atoms with Crippen molar-refractivity contribution in [1.29, 1.82) is 0 Å². The summed E-state index contributed by atoms with van der Waals surface area (Å²) < 4.78 is 29.0. The second-order valence-corrected chi connectivity index (χ2v) is 6.22. The summed E-state index contributed by atoms with van der Waals surface area (Å²) in [6.07, 6.45) is 0.478. The molecule has 0 radical (unpaired) electrons. The number of rotatable bonds is 5. The van der Waals surface area contributed by atoms with Gasteiger partial charge in [-0.1, -0.05) is 20.8 Å². The van der Waals surface area contributed by atoms with Crippen LogP contribution in [-0.4, -0.2) is 14.1 Å². The van der Waals surface area contributed by atoms with Gasteiger partial charge in [0, 0.05) is 19.8 Å². The van der Waals surface area contributed by atoms with E-state index in [0.29, 0.717) is 23.2 Å². The number of halogens is 2. The van der Waals surface area contributed by atoms with E-state index in [9.17, 15) is 8.78 Å². The van der Waals surface area contributed by atoms with E-state index in [-0.39, 0.29) is 11.6 Å². The summed E-state index contributed by atoms with van der Waals surface area (Å²) in [4.78, 5) is 1.96. The first kappa shape index (κ1) is 18.0. The van der Waals surface area contributed by atoms with Crippen molar-refractivity contribution in [2.75, 3.05) is 19.0 Å². The Morgan fingerprint density at radius 1 is 1.00 bits per heavy atom. The number of nitrogens with zero attached hydrogens (tertiary/aromatic N) is 3. The van der Waals surface area contributed by atoms with Crippen LogP contribution in [0, 0.1) is 11.6 Å². The van der Waals surface area contributed by atoms with Gasteiger partial charge in [-0.3, -0.25) is 0 Å². The van der Waals surface area contributed by atoms with E-state index >= 15 is 0 Å². The van der Waals surface area contributed by atoms with Crippen LogP contribution in [0.2, 0.25) is 0 Å². The van der Waals surface area contributed by atoms with Gasteiger partial charge in [-0.05, 0) is 53.8 Å². The highest BCUT2D eigenvalue weighted by atomic mass is 19.1. The van der Waals surface area contributed by atoms with Gasteiger partial charge in [0.1, 0.15) is 0 Å². The van der Waals surface area contributed by atoms with E-state index in [2.05, 4.69) is 10.2 Å². The molecule has 2 aromatic rings. The molecule has 0 fully saturated rings. The van der Waals surface area contributed by atoms with E-state index < -0.39 is 11.6 Å². The summed E-state index contributed by atoms with van der Waals surface area (Å²) in [7, 11) is 3.87. The fourth-order valence-corrected chi connectivity index (χ4v) is 2.39. The Hall–Kier alpha value is -2.30. The zero-order chi connectivity index (χ0) is 17.9. The van der Waals surface area contributed by atoms with Gasteiger partial charge >= 0.3 is 0 Å². The minimum atomic E-state index is -0.631. The average Bonchev–Trinajstić information content (AvgIpc) is 2.55. The van der Waals surface area contributed by atoms with Crippen LogP contribution in [-0.2, 0) is 6.42 Å². The summed E-state index contributed by atoms with van der Waals surface area (Å²) in [5, 5.41) is 7.86. The number of azo groups is 1. The molecule has 0 heterocycles. The first-order chi connectivity index (χ1) is 11.3. The van der Waals surface area contributed by atoms with Crippen molar-refractivity contribution in [2.24, 2.45) is 10.2 Å². The molecule has 2 aromatic carbocycles. The lowest BCUT2D eigenvalue weighted by atomic mass is 9.97. The van der Waals surface area contributed by atoms with Crippen LogP contribution in [0.3, 0.4) is 0 Å². The predicted molar refractivity (Wildman–Crippen MR) is 94.8 cm³/mol. The largest absolute Gasteiger partial charge is 0.378 e. The molecule has 0 aliphatic heterocycles. The zero-order valence-electron chi connectivity index (χ0n) is 14.8. The van der Waals surface area contributed by atoms with Crippen molar-refractivity contribution in [2.45, 2.75) is 33.1 Å². The van der Waals surface area contributed by atoms with E-state index in [1.807, 2.05) is 51.9 Å². The molecule has 0 amide bonds. The molecule has 0 aliphatic rings. The van der Waals surface area contributed by atoms with Gasteiger partial charge in [0.2, 0.25) is 0 Å². The Labute approximate surface area is 142 Å². The van der Waals surface area contributed by atoms with Crippen LogP contribution < -0.4 is 4.90 Å². The lowest BCUT2D eigenvalue weighted by Crippen LogP contribution is -2.07. The monoisotopic (exact) mass is 331 g/mol. The maximum Gasteiger partial charge on any atom is 0.157 e. The van der Waals surface area contributed by atoms with Gasteiger partial charge in [-0.2, -0.15) is 5.11 Å². The number of anilines is 1. The quantitative estimate of drug-likeness (QED) is 0.605. The van der Waals surface area contributed by atoms with Crippen molar-refractivity contribution >= 4 is 17.1 Å². The molecule has 5 heteroatoms. The van der Waals surface area contributed by atoms with Crippen molar-refractivity contribution < 1.29 is 8.78 Å². The Kier molecular flexibility index (Phi) is 5.65. The van der Waals surface area contributed by atoms with Gasteiger partial charge < -0.3 is 4.90 Å². The van der Waals surface area contributed by atoms with E-state index in [1.165, 1.54) is 0 Å². The molecule has 0 aromatic heterocycles. The fraction of sp³-hybridized carbons (Fsp3) is 0.368. The molecular formula is C19H23F2N3. The highest BCUT2D eigenvalue weighted by molar-refractivity contribution is 5.53. The highest BCUT2D eigenvalue weighted by Crippen LogP contribution is 2.33. The van der Waals surface area contributed by atoms with Crippen LogP contribution >= 0.6 is 0 Å². The van der Waals surface area contributed by atoms with E-state index in [0.717, 1.165) is 5.69 Å². The number of hydrogen-bond acceptors (Lipinski definition) is 3. The summed E-state index contributed by atoms with van der Waals surface area (Å²) in [5.41, 5.74) is 2.17. The molecule has 0 N–H and O–H groups in total. The normalized spacial score (nSPS) is 11.5. The first-order valence-corrected chi connectivity index (χ1v) is 8.05. The van der Waals surface area contributed by atoms with Crippen LogP contribution in [0.1, 0.15) is 37.8 Å². The van der Waals surface area contributed by atoms with Crippen LogP contribution in [0.15, 0.2) is 40.6 Å². The smallest absolute Gasteiger partial charge is 0.157 e. The lowest BCUT2D eigenvalue weighted by molar-refractivity contribution is 0.559. The van der Waals surface area contributed by atoms with Gasteiger partial charge in [0.25, 0.3) is 0 Å². The molecule has 0 unspecified atom stereocenters. The summed E-state index contributed by atoms with van der Waals surface area (Å²) in [6.45, 7) is 5.58. The molecule has 3 nitrogen and oxygen atoms in total. The molecule has 0 bridgehead atoms. The van der Waals surface area contributed by atoms with Crippen molar-refractivity contribution in [1.82, 2.24) is 0 Å². The van der Waals surface area contributed by atoms with E-state index in [4.69, 9.17) is 0 Å². The topological polar surface area (TPSA) is 28.0 Å². The Balaban J connectivity index is 2.42. The van der Waals surface area contributed by atoms with Crippen LogP contribution in [0.5, 0.6) is 0 Å². The third kappa shape index (κ3) is 3.78. The first-order valence-electron chi connectivity index (χ1n) is 8.05. The second kappa shape index (κ2) is 7.51. The van der Waals surface area contributed by atoms with Gasteiger partial charge in [-0.15, -0.1) is 5.11 Å². The molecule has 128 valence electrons. The Morgan fingerprint density at radius 2 is 1.62 bits per heavy atom. The fourth-order valence-electron chi connectivity index (χ4n) is 2.39. The minimum Gasteiger partial charge on any atom is -0.378 e. The Bertz CT molecular complexity index is 735. The number of benzene rings is 2. The van der Waals surface area contributed by atoms with Gasteiger partial charge in [0.05, 0.1) is 5.69 Å². The molecule has 0 atom stereocenters. The summed E-state index contributed by atoms with van der Waals surface area (Å²) in [5.74, 6) is -1.31. The third-order valence-electron chi connectivity index (χ3n) is 3.92. The van der Waals surface area contributed by atoms with Crippen LogP contribution in [0.25, 0.3) is 0 Å². The van der Waals surface area contributed by atoms with Crippen LogP contribution in [0.4, 0.5) is 25.8 Å².